The second-order valence-corrected chi connectivity index (χ2v) is 5.90. The molecule has 0 aromatic heterocycles. The molecule has 2 aromatic rings. The van der Waals surface area contributed by atoms with Gasteiger partial charge >= 0.3 is 0 Å². The van der Waals surface area contributed by atoms with Crippen molar-refractivity contribution in [2.24, 2.45) is 0 Å². The number of aliphatic hydroxyl groups is 2. The molecule has 3 nitrogen and oxygen atoms in total. The maximum atomic E-state index is 11.5. The van der Waals surface area contributed by atoms with Gasteiger partial charge < -0.3 is 14.9 Å². The highest BCUT2D eigenvalue weighted by molar-refractivity contribution is 5.32. The maximum Gasteiger partial charge on any atom is 0.226 e. The predicted octanol–water partition coefficient (Wildman–Crippen LogP) is 3.95. The molecule has 0 saturated carbocycles. The molecule has 2 N–H and O–H groups in total. The van der Waals surface area contributed by atoms with Gasteiger partial charge in [-0.25, -0.2) is 0 Å². The van der Waals surface area contributed by atoms with Crippen molar-refractivity contribution in [3.63, 3.8) is 0 Å². The van der Waals surface area contributed by atoms with Crippen molar-refractivity contribution in [2.75, 3.05) is 7.11 Å². The zero-order chi connectivity index (χ0) is 16.8. The van der Waals surface area contributed by atoms with Crippen LogP contribution >= 0.6 is 0 Å². The molecular formula is C20H26O3. The van der Waals surface area contributed by atoms with E-state index in [1.807, 2.05) is 48.5 Å². The minimum atomic E-state index is -1.80. The Bertz CT molecular complexity index is 584. The highest BCUT2D eigenvalue weighted by atomic mass is 16.6. The average molecular weight is 314 g/mol. The molecule has 0 spiro atoms. The number of hydrogen-bond acceptors (Lipinski definition) is 3. The van der Waals surface area contributed by atoms with Crippen LogP contribution in [-0.4, -0.2) is 17.3 Å². The Morgan fingerprint density at radius 3 is 1.83 bits per heavy atom. The van der Waals surface area contributed by atoms with E-state index in [4.69, 9.17) is 4.74 Å². The summed E-state index contributed by atoms with van der Waals surface area (Å²) in [7, 11) is 1.43. The molecule has 0 aliphatic rings. The van der Waals surface area contributed by atoms with Crippen LogP contribution in [0.5, 0.6) is 0 Å². The molecule has 0 aliphatic carbocycles. The van der Waals surface area contributed by atoms with Gasteiger partial charge in [-0.1, -0.05) is 86.8 Å². The zero-order valence-corrected chi connectivity index (χ0v) is 13.9. The summed E-state index contributed by atoms with van der Waals surface area (Å²) < 4.78 is 5.48. The van der Waals surface area contributed by atoms with E-state index in [9.17, 15) is 10.2 Å². The molecule has 0 fully saturated rings. The van der Waals surface area contributed by atoms with Gasteiger partial charge in [0.15, 0.2) is 0 Å². The summed E-state index contributed by atoms with van der Waals surface area (Å²) in [6.07, 6.45) is 3.26. The minimum Gasteiger partial charge on any atom is -0.379 e. The quantitative estimate of drug-likeness (QED) is 0.573. The Kier molecular flexibility index (Phi) is 5.94. The van der Waals surface area contributed by atoms with E-state index in [1.54, 1.807) is 12.1 Å². The van der Waals surface area contributed by atoms with Crippen molar-refractivity contribution >= 4 is 0 Å². The van der Waals surface area contributed by atoms with Gasteiger partial charge in [0.25, 0.3) is 0 Å². The van der Waals surface area contributed by atoms with Crippen molar-refractivity contribution in [1.82, 2.24) is 0 Å². The molecule has 0 heterocycles. The van der Waals surface area contributed by atoms with E-state index in [1.165, 1.54) is 7.11 Å². The monoisotopic (exact) mass is 314 g/mol. The summed E-state index contributed by atoms with van der Waals surface area (Å²) in [6, 6.07) is 18.4. The van der Waals surface area contributed by atoms with E-state index in [2.05, 4.69) is 6.92 Å². The zero-order valence-electron chi connectivity index (χ0n) is 13.9. The second kappa shape index (κ2) is 7.73. The Labute approximate surface area is 138 Å². The van der Waals surface area contributed by atoms with Gasteiger partial charge in [0.05, 0.1) is 0 Å². The largest absolute Gasteiger partial charge is 0.379 e. The SMILES string of the molecule is CCCCCC(O)(c1ccccc1)C(O)(OC)c1ccccc1. The molecule has 2 unspecified atom stereocenters. The Morgan fingerprint density at radius 1 is 0.826 bits per heavy atom. The summed E-state index contributed by atoms with van der Waals surface area (Å²) in [5.41, 5.74) is -0.311. The molecule has 23 heavy (non-hydrogen) atoms. The fraction of sp³-hybridized carbons (Fsp3) is 0.400. The fourth-order valence-corrected chi connectivity index (χ4v) is 3.04. The summed E-state index contributed by atoms with van der Waals surface area (Å²) in [5.74, 6) is -1.80. The van der Waals surface area contributed by atoms with Crippen LogP contribution in [0, 0.1) is 0 Å². The third-order valence-electron chi connectivity index (χ3n) is 4.41. The molecular weight excluding hydrogens is 288 g/mol. The number of unbranched alkanes of at least 4 members (excludes halogenated alkanes) is 2. The number of rotatable bonds is 8. The van der Waals surface area contributed by atoms with E-state index < -0.39 is 11.4 Å². The van der Waals surface area contributed by atoms with E-state index in [-0.39, 0.29) is 0 Å². The molecule has 0 saturated heterocycles. The highest BCUT2D eigenvalue weighted by Gasteiger charge is 2.52. The fourth-order valence-electron chi connectivity index (χ4n) is 3.04. The third kappa shape index (κ3) is 3.47. The van der Waals surface area contributed by atoms with Crippen molar-refractivity contribution in [3.8, 4) is 0 Å². The number of ether oxygens (including phenoxy) is 1. The Balaban J connectivity index is 2.50. The van der Waals surface area contributed by atoms with Crippen LogP contribution in [0.4, 0.5) is 0 Å². The van der Waals surface area contributed by atoms with Crippen LogP contribution in [0.15, 0.2) is 60.7 Å². The van der Waals surface area contributed by atoms with E-state index >= 15 is 0 Å². The standard InChI is InChI=1S/C20H26O3/c1-3-4-11-16-19(21,17-12-7-5-8-13-17)20(22,23-2)18-14-9-6-10-15-18/h5-10,12-15,21-22H,3-4,11,16H2,1-2H3. The summed E-state index contributed by atoms with van der Waals surface area (Å²) >= 11 is 0. The molecule has 2 atom stereocenters. The van der Waals surface area contributed by atoms with Gasteiger partial charge in [-0.15, -0.1) is 0 Å². The van der Waals surface area contributed by atoms with Crippen LogP contribution in [-0.2, 0) is 16.1 Å². The lowest BCUT2D eigenvalue weighted by molar-refractivity contribution is -0.308. The van der Waals surface area contributed by atoms with E-state index in [0.29, 0.717) is 17.5 Å². The molecule has 0 radical (unpaired) electrons. The van der Waals surface area contributed by atoms with Crippen LogP contribution in [0.1, 0.15) is 43.7 Å². The van der Waals surface area contributed by atoms with Crippen LogP contribution in [0.2, 0.25) is 0 Å². The normalized spacial score (nSPS) is 16.5. The van der Waals surface area contributed by atoms with Crippen LogP contribution in [0.25, 0.3) is 0 Å². The summed E-state index contributed by atoms with van der Waals surface area (Å²) in [5, 5.41) is 22.8. The lowest BCUT2D eigenvalue weighted by Gasteiger charge is -2.43. The van der Waals surface area contributed by atoms with Gasteiger partial charge in [-0.05, 0) is 12.0 Å². The van der Waals surface area contributed by atoms with Gasteiger partial charge in [0.1, 0.15) is 5.60 Å². The van der Waals surface area contributed by atoms with Crippen molar-refractivity contribution in [1.29, 1.82) is 0 Å². The summed E-state index contributed by atoms with van der Waals surface area (Å²) in [4.78, 5) is 0. The lowest BCUT2D eigenvalue weighted by Crippen LogP contribution is -2.51. The molecule has 0 bridgehead atoms. The first kappa shape index (κ1) is 17.7. The molecule has 3 heteroatoms. The molecule has 2 aromatic carbocycles. The smallest absolute Gasteiger partial charge is 0.226 e. The molecule has 0 amide bonds. The van der Waals surface area contributed by atoms with Gasteiger partial charge in [0.2, 0.25) is 5.79 Å². The number of benzene rings is 2. The van der Waals surface area contributed by atoms with Gasteiger partial charge in [-0.3, -0.25) is 0 Å². The third-order valence-corrected chi connectivity index (χ3v) is 4.41. The van der Waals surface area contributed by atoms with Gasteiger partial charge in [0, 0.05) is 12.7 Å². The van der Waals surface area contributed by atoms with E-state index in [0.717, 1.165) is 19.3 Å². The maximum absolute atomic E-state index is 11.5. The summed E-state index contributed by atoms with van der Waals surface area (Å²) in [6.45, 7) is 2.11. The van der Waals surface area contributed by atoms with Crippen LogP contribution < -0.4 is 0 Å². The number of methoxy groups -OCH3 is 1. The topological polar surface area (TPSA) is 49.7 Å². The molecule has 2 rings (SSSR count). The number of hydrogen-bond donors (Lipinski definition) is 2. The minimum absolute atomic E-state index is 0.421. The van der Waals surface area contributed by atoms with Crippen molar-refractivity contribution < 1.29 is 14.9 Å². The predicted molar refractivity (Wildman–Crippen MR) is 91.8 cm³/mol. The molecule has 0 aliphatic heterocycles. The van der Waals surface area contributed by atoms with Crippen molar-refractivity contribution in [3.05, 3.63) is 71.8 Å². The van der Waals surface area contributed by atoms with Crippen LogP contribution in [0.3, 0.4) is 0 Å². The van der Waals surface area contributed by atoms with Crippen molar-refractivity contribution in [2.45, 2.75) is 44.0 Å². The average Bonchev–Trinajstić information content (AvgIpc) is 2.62. The van der Waals surface area contributed by atoms with Gasteiger partial charge in [-0.2, -0.15) is 0 Å². The first-order chi connectivity index (χ1) is 11.1. The first-order valence-corrected chi connectivity index (χ1v) is 8.19. The molecule has 124 valence electrons. The second-order valence-electron chi connectivity index (χ2n) is 5.90. The Hall–Kier alpha value is -1.68. The highest BCUT2D eigenvalue weighted by Crippen LogP contribution is 2.44. The Morgan fingerprint density at radius 2 is 1.35 bits per heavy atom. The first-order valence-electron chi connectivity index (χ1n) is 8.19. The lowest BCUT2D eigenvalue weighted by atomic mass is 9.77.